The van der Waals surface area contributed by atoms with Crippen molar-refractivity contribution in [1.29, 1.82) is 0 Å². The molecular formula is C18H22FN5O2. The third-order valence-corrected chi connectivity index (χ3v) is 4.52. The highest BCUT2D eigenvalue weighted by molar-refractivity contribution is 5.78. The predicted octanol–water partition coefficient (Wildman–Crippen LogP) is 1.15. The molecule has 0 saturated carbocycles. The Balaban J connectivity index is 1.63. The molecule has 7 nitrogen and oxygen atoms in total. The number of aromatic nitrogens is 2. The van der Waals surface area contributed by atoms with E-state index in [1.807, 2.05) is 0 Å². The Labute approximate surface area is 151 Å². The molecular weight excluding hydrogens is 337 g/mol. The zero-order valence-corrected chi connectivity index (χ0v) is 14.6. The van der Waals surface area contributed by atoms with Crippen LogP contribution in [-0.4, -0.2) is 48.2 Å². The number of hydrogen-bond donors (Lipinski definition) is 2. The minimum absolute atomic E-state index is 0.00749. The third kappa shape index (κ3) is 4.26. The number of halogens is 1. The van der Waals surface area contributed by atoms with Gasteiger partial charge in [0.25, 0.3) is 0 Å². The van der Waals surface area contributed by atoms with E-state index < -0.39 is 0 Å². The molecule has 3 N–H and O–H groups in total. The largest absolute Gasteiger partial charge is 0.384 e. The summed E-state index contributed by atoms with van der Waals surface area (Å²) in [5.41, 5.74) is 6.13. The molecule has 1 saturated heterocycles. The average molecular weight is 359 g/mol. The Morgan fingerprint density at radius 1 is 1.42 bits per heavy atom. The van der Waals surface area contributed by atoms with E-state index in [1.165, 1.54) is 12.4 Å². The van der Waals surface area contributed by atoms with Gasteiger partial charge in [-0.2, -0.15) is 0 Å². The molecule has 0 bridgehead atoms. The number of benzene rings is 1. The first-order valence-corrected chi connectivity index (χ1v) is 8.44. The lowest BCUT2D eigenvalue weighted by molar-refractivity contribution is -0.120. The summed E-state index contributed by atoms with van der Waals surface area (Å²) in [6.07, 6.45) is 2.21. The van der Waals surface area contributed by atoms with Gasteiger partial charge in [0.1, 0.15) is 23.8 Å². The summed E-state index contributed by atoms with van der Waals surface area (Å²) in [6.45, 7) is 1.07. The molecule has 1 aliphatic heterocycles. The van der Waals surface area contributed by atoms with Gasteiger partial charge in [0.15, 0.2) is 0 Å². The Bertz CT molecular complexity index is 773. The summed E-state index contributed by atoms with van der Waals surface area (Å²) in [7, 11) is 1.66. The quantitative estimate of drug-likeness (QED) is 0.804. The maximum Gasteiger partial charge on any atom is 0.224 e. The monoisotopic (exact) mass is 359 g/mol. The molecule has 0 spiro atoms. The fourth-order valence-electron chi connectivity index (χ4n) is 3.15. The molecule has 2 aromatic rings. The zero-order valence-electron chi connectivity index (χ0n) is 14.6. The van der Waals surface area contributed by atoms with Crippen LogP contribution in [0.1, 0.15) is 12.0 Å². The number of amides is 1. The van der Waals surface area contributed by atoms with Crippen LogP contribution >= 0.6 is 0 Å². The van der Waals surface area contributed by atoms with E-state index in [-0.39, 0.29) is 30.3 Å². The van der Waals surface area contributed by atoms with Crippen molar-refractivity contribution in [1.82, 2.24) is 15.3 Å². The Morgan fingerprint density at radius 3 is 2.96 bits per heavy atom. The van der Waals surface area contributed by atoms with E-state index >= 15 is 0 Å². The highest BCUT2D eigenvalue weighted by atomic mass is 19.1. The molecule has 8 heteroatoms. The number of anilines is 2. The Kier molecular flexibility index (Phi) is 5.62. The molecule has 1 aromatic carbocycles. The van der Waals surface area contributed by atoms with Crippen molar-refractivity contribution in [2.45, 2.75) is 25.0 Å². The van der Waals surface area contributed by atoms with E-state index in [0.29, 0.717) is 30.3 Å². The van der Waals surface area contributed by atoms with Gasteiger partial charge in [-0.05, 0) is 18.1 Å². The van der Waals surface area contributed by atoms with Crippen LogP contribution in [0.2, 0.25) is 0 Å². The predicted molar refractivity (Wildman–Crippen MR) is 96.1 cm³/mol. The van der Waals surface area contributed by atoms with Crippen LogP contribution in [0.25, 0.3) is 0 Å². The first-order chi connectivity index (χ1) is 12.6. The summed E-state index contributed by atoms with van der Waals surface area (Å²) < 4.78 is 19.1. The fraction of sp³-hybridized carbons (Fsp3) is 0.389. The van der Waals surface area contributed by atoms with Gasteiger partial charge >= 0.3 is 0 Å². The molecule has 1 fully saturated rings. The highest BCUT2D eigenvalue weighted by Crippen LogP contribution is 2.25. The number of nitrogens with one attached hydrogen (secondary N) is 1. The average Bonchev–Trinajstić information content (AvgIpc) is 3.05. The number of ether oxygens (including phenoxy) is 1. The number of nitrogen functional groups attached to an aromatic ring is 1. The van der Waals surface area contributed by atoms with E-state index in [9.17, 15) is 9.18 Å². The molecule has 3 rings (SSSR count). The van der Waals surface area contributed by atoms with Gasteiger partial charge < -0.3 is 20.7 Å². The molecule has 1 amide bonds. The number of rotatable bonds is 6. The minimum Gasteiger partial charge on any atom is -0.384 e. The lowest BCUT2D eigenvalue weighted by atomic mass is 10.1. The lowest BCUT2D eigenvalue weighted by Gasteiger charge is -2.25. The Hall–Kier alpha value is -2.74. The summed E-state index contributed by atoms with van der Waals surface area (Å²) in [6, 6.07) is 8.00. The highest BCUT2D eigenvalue weighted by Gasteiger charge is 2.33. The van der Waals surface area contributed by atoms with Crippen LogP contribution in [-0.2, 0) is 16.0 Å². The molecule has 0 radical (unpaired) electrons. The molecule has 0 aliphatic carbocycles. The van der Waals surface area contributed by atoms with Gasteiger partial charge in [0.05, 0.1) is 18.6 Å². The molecule has 138 valence electrons. The van der Waals surface area contributed by atoms with Crippen molar-refractivity contribution < 1.29 is 13.9 Å². The SMILES string of the molecule is CO[C@@H]1C[C@H](CNC(=O)Cc2ccccc2F)N(c2cc(N)ncn2)C1. The zero-order chi connectivity index (χ0) is 18.5. The molecule has 2 heterocycles. The van der Waals surface area contributed by atoms with Crippen LogP contribution in [0.4, 0.5) is 16.0 Å². The maximum atomic E-state index is 13.7. The van der Waals surface area contributed by atoms with Gasteiger partial charge in [-0.1, -0.05) is 18.2 Å². The van der Waals surface area contributed by atoms with Crippen LogP contribution in [0.15, 0.2) is 36.7 Å². The summed E-state index contributed by atoms with van der Waals surface area (Å²) in [5.74, 6) is 0.489. The number of carbonyl (C=O) groups excluding carboxylic acids is 1. The van der Waals surface area contributed by atoms with Gasteiger partial charge in [0.2, 0.25) is 5.91 Å². The van der Waals surface area contributed by atoms with E-state index in [2.05, 4.69) is 20.2 Å². The van der Waals surface area contributed by atoms with E-state index in [0.717, 1.165) is 6.42 Å². The topological polar surface area (TPSA) is 93.4 Å². The molecule has 26 heavy (non-hydrogen) atoms. The van der Waals surface area contributed by atoms with Gasteiger partial charge in [-0.3, -0.25) is 4.79 Å². The number of carbonyl (C=O) groups is 1. The number of hydrogen-bond acceptors (Lipinski definition) is 6. The van der Waals surface area contributed by atoms with Crippen molar-refractivity contribution in [2.24, 2.45) is 0 Å². The second-order valence-electron chi connectivity index (χ2n) is 6.27. The normalized spacial score (nSPS) is 19.5. The van der Waals surface area contributed by atoms with Crippen molar-refractivity contribution in [3.63, 3.8) is 0 Å². The second-order valence-corrected chi connectivity index (χ2v) is 6.27. The fourth-order valence-corrected chi connectivity index (χ4v) is 3.15. The Morgan fingerprint density at radius 2 is 2.23 bits per heavy atom. The molecule has 1 aliphatic rings. The first kappa shape index (κ1) is 18.1. The maximum absolute atomic E-state index is 13.7. The van der Waals surface area contributed by atoms with Crippen molar-refractivity contribution >= 4 is 17.5 Å². The van der Waals surface area contributed by atoms with E-state index in [4.69, 9.17) is 10.5 Å². The van der Waals surface area contributed by atoms with Crippen molar-refractivity contribution in [3.8, 4) is 0 Å². The van der Waals surface area contributed by atoms with Crippen molar-refractivity contribution in [2.75, 3.05) is 30.8 Å². The first-order valence-electron chi connectivity index (χ1n) is 8.44. The van der Waals surface area contributed by atoms with Gasteiger partial charge in [-0.15, -0.1) is 0 Å². The minimum atomic E-state index is -0.374. The number of nitrogens with two attached hydrogens (primary N) is 1. The van der Waals surface area contributed by atoms with Crippen LogP contribution in [0, 0.1) is 5.82 Å². The summed E-state index contributed by atoms with van der Waals surface area (Å²) in [4.78, 5) is 22.4. The molecule has 2 atom stereocenters. The van der Waals surface area contributed by atoms with Gasteiger partial charge in [0, 0.05) is 26.3 Å². The standard InChI is InChI=1S/C18H22FN5O2/c1-26-14-7-13(24(10-14)17-8-16(20)22-11-23-17)9-21-18(25)6-12-4-2-3-5-15(12)19/h2-5,8,11,13-14H,6-7,9-10H2,1H3,(H,21,25)(H2,20,22,23)/t13-,14-/m1/s1. The summed E-state index contributed by atoms with van der Waals surface area (Å²) in [5, 5.41) is 2.88. The number of nitrogens with zero attached hydrogens (tertiary/aromatic N) is 3. The summed E-state index contributed by atoms with van der Waals surface area (Å²) >= 11 is 0. The van der Waals surface area contributed by atoms with Crippen LogP contribution < -0.4 is 16.0 Å². The molecule has 1 aromatic heterocycles. The number of methoxy groups -OCH3 is 1. The lowest BCUT2D eigenvalue weighted by Crippen LogP contribution is -2.41. The van der Waals surface area contributed by atoms with Crippen LogP contribution in [0.5, 0.6) is 0 Å². The van der Waals surface area contributed by atoms with Crippen LogP contribution in [0.3, 0.4) is 0 Å². The third-order valence-electron chi connectivity index (χ3n) is 4.52. The smallest absolute Gasteiger partial charge is 0.224 e. The van der Waals surface area contributed by atoms with Gasteiger partial charge in [-0.25, -0.2) is 14.4 Å². The van der Waals surface area contributed by atoms with E-state index in [1.54, 1.807) is 31.4 Å². The van der Waals surface area contributed by atoms with Crippen molar-refractivity contribution in [3.05, 3.63) is 48.0 Å². The molecule has 0 unspecified atom stereocenters. The second kappa shape index (κ2) is 8.09.